The summed E-state index contributed by atoms with van der Waals surface area (Å²) in [6, 6.07) is 4.76. The molecule has 1 saturated carbocycles. The van der Waals surface area contributed by atoms with Gasteiger partial charge in [-0.2, -0.15) is 0 Å². The lowest BCUT2D eigenvalue weighted by Crippen LogP contribution is -2.18. The Bertz CT molecular complexity index is 1110. The van der Waals surface area contributed by atoms with E-state index in [-0.39, 0.29) is 5.56 Å². The van der Waals surface area contributed by atoms with E-state index in [2.05, 4.69) is 9.71 Å². The van der Waals surface area contributed by atoms with Gasteiger partial charge in [0.15, 0.2) is 0 Å². The normalized spacial score (nSPS) is 13.8. The molecule has 0 unspecified atom stereocenters. The van der Waals surface area contributed by atoms with E-state index < -0.39 is 11.7 Å². The fourth-order valence-corrected chi connectivity index (χ4v) is 4.08. The van der Waals surface area contributed by atoms with Gasteiger partial charge < -0.3 is 9.30 Å². The Balaban J connectivity index is 1.66. The van der Waals surface area contributed by atoms with Crippen LogP contribution in [0.2, 0.25) is 5.02 Å². The van der Waals surface area contributed by atoms with Crippen molar-refractivity contribution in [1.82, 2.24) is 14.3 Å². The Morgan fingerprint density at radius 3 is 2.83 bits per heavy atom. The summed E-state index contributed by atoms with van der Waals surface area (Å²) in [4.78, 5) is 16.7. The van der Waals surface area contributed by atoms with Crippen molar-refractivity contribution in [2.75, 3.05) is 6.61 Å². The zero-order chi connectivity index (χ0) is 21.4. The molecule has 158 valence electrons. The number of nitrogens with zero attached hydrogens (tertiary/aromatic N) is 2. The Morgan fingerprint density at radius 2 is 2.17 bits per heavy atom. The third-order valence-electron chi connectivity index (χ3n) is 4.84. The summed E-state index contributed by atoms with van der Waals surface area (Å²) in [5.74, 6) is -0.226. The first kappa shape index (κ1) is 21.0. The van der Waals surface area contributed by atoms with Crippen LogP contribution in [0.1, 0.15) is 37.0 Å². The van der Waals surface area contributed by atoms with Crippen LogP contribution < -0.4 is 9.46 Å². The van der Waals surface area contributed by atoms with Crippen LogP contribution in [-0.4, -0.2) is 27.3 Å². The molecule has 0 atom stereocenters. The molecule has 0 aliphatic heterocycles. The van der Waals surface area contributed by atoms with Crippen LogP contribution in [0.25, 0.3) is 22.0 Å². The lowest BCUT2D eigenvalue weighted by atomic mass is 10.0. The third-order valence-corrected chi connectivity index (χ3v) is 6.22. The third kappa shape index (κ3) is 4.42. The molecule has 2 aromatic heterocycles. The smallest absolute Gasteiger partial charge is 0.264 e. The molecule has 0 spiro atoms. The van der Waals surface area contributed by atoms with Crippen LogP contribution in [-0.2, 0) is 7.05 Å². The number of halogens is 2. The molecule has 4 rings (SSSR count). The van der Waals surface area contributed by atoms with Crippen LogP contribution >= 0.6 is 23.5 Å². The first-order chi connectivity index (χ1) is 14.3. The van der Waals surface area contributed by atoms with Crippen LogP contribution in [0.15, 0.2) is 30.6 Å². The van der Waals surface area contributed by atoms with Crippen LogP contribution in [0, 0.1) is 11.7 Å². The highest BCUT2D eigenvalue weighted by atomic mass is 35.5. The van der Waals surface area contributed by atoms with E-state index in [0.29, 0.717) is 34.1 Å². The van der Waals surface area contributed by atoms with Gasteiger partial charge in [0, 0.05) is 46.7 Å². The van der Waals surface area contributed by atoms with Crippen molar-refractivity contribution in [3.8, 4) is 17.0 Å². The molecule has 30 heavy (non-hydrogen) atoms. The highest BCUT2D eigenvalue weighted by Crippen LogP contribution is 2.35. The summed E-state index contributed by atoms with van der Waals surface area (Å²) < 4.78 is 25.0. The van der Waals surface area contributed by atoms with E-state index in [1.807, 2.05) is 31.7 Å². The van der Waals surface area contributed by atoms with Gasteiger partial charge in [-0.1, -0.05) is 25.4 Å². The van der Waals surface area contributed by atoms with Gasteiger partial charge in [0.05, 0.1) is 12.2 Å². The topological polar surface area (TPSA) is 56.2 Å². The van der Waals surface area contributed by atoms with Crippen molar-refractivity contribution < 1.29 is 13.9 Å². The largest absolute Gasteiger partial charge is 0.476 e. The monoisotopic (exact) mass is 447 g/mol. The van der Waals surface area contributed by atoms with Crippen molar-refractivity contribution >= 4 is 40.4 Å². The van der Waals surface area contributed by atoms with E-state index in [0.717, 1.165) is 29.5 Å². The number of ether oxygens (including phenoxy) is 1. The zero-order valence-electron chi connectivity index (χ0n) is 17.0. The number of nitrogens with one attached hydrogen (secondary N) is 1. The molecule has 1 aliphatic carbocycles. The second kappa shape index (κ2) is 8.47. The van der Waals surface area contributed by atoms with E-state index >= 15 is 0 Å². The number of aromatic nitrogens is 2. The van der Waals surface area contributed by atoms with Gasteiger partial charge in [-0.05, 0) is 48.9 Å². The summed E-state index contributed by atoms with van der Waals surface area (Å²) in [7, 11) is 1.86. The first-order valence-corrected chi connectivity index (χ1v) is 11.1. The molecule has 1 aliphatic rings. The van der Waals surface area contributed by atoms with Gasteiger partial charge in [-0.3, -0.25) is 9.52 Å². The number of carbonyl (C=O) groups excluding carboxylic acids is 1. The second-order valence-electron chi connectivity index (χ2n) is 7.97. The van der Waals surface area contributed by atoms with Crippen molar-refractivity contribution in [2.45, 2.75) is 31.9 Å². The Labute approximate surface area is 184 Å². The summed E-state index contributed by atoms with van der Waals surface area (Å²) in [5.41, 5.74) is 2.33. The van der Waals surface area contributed by atoms with E-state index in [4.69, 9.17) is 16.3 Å². The van der Waals surface area contributed by atoms with Gasteiger partial charge in [0.2, 0.25) is 5.88 Å². The molecule has 8 heteroatoms. The van der Waals surface area contributed by atoms with Crippen molar-refractivity contribution in [1.29, 1.82) is 0 Å². The molecule has 3 aromatic rings. The molecule has 0 saturated heterocycles. The molecule has 0 bridgehead atoms. The molecule has 2 heterocycles. The zero-order valence-corrected chi connectivity index (χ0v) is 18.6. The number of pyridine rings is 1. The predicted molar refractivity (Wildman–Crippen MR) is 120 cm³/mol. The molecule has 0 radical (unpaired) electrons. The molecule has 1 amide bonds. The van der Waals surface area contributed by atoms with Gasteiger partial charge in [-0.25, -0.2) is 9.37 Å². The minimum absolute atomic E-state index is 0.0389. The number of fused-ring (bicyclic) bond motifs is 1. The van der Waals surface area contributed by atoms with Crippen LogP contribution in [0.4, 0.5) is 4.39 Å². The summed E-state index contributed by atoms with van der Waals surface area (Å²) in [6.45, 7) is 4.62. The lowest BCUT2D eigenvalue weighted by Gasteiger charge is -2.10. The summed E-state index contributed by atoms with van der Waals surface area (Å²) >= 11 is 7.73. The first-order valence-electron chi connectivity index (χ1n) is 9.86. The van der Waals surface area contributed by atoms with E-state index in [9.17, 15) is 9.18 Å². The molecule has 5 nitrogen and oxygen atoms in total. The van der Waals surface area contributed by atoms with Crippen molar-refractivity contribution in [2.24, 2.45) is 13.0 Å². The van der Waals surface area contributed by atoms with E-state index in [1.54, 1.807) is 18.3 Å². The average Bonchev–Trinajstić information content (AvgIpc) is 3.48. The van der Waals surface area contributed by atoms with Gasteiger partial charge in [0.25, 0.3) is 5.91 Å². The van der Waals surface area contributed by atoms with Gasteiger partial charge >= 0.3 is 0 Å². The maximum Gasteiger partial charge on any atom is 0.264 e. The number of benzene rings is 1. The quantitative estimate of drug-likeness (QED) is 0.478. The van der Waals surface area contributed by atoms with Gasteiger partial charge in [0.1, 0.15) is 10.8 Å². The Morgan fingerprint density at radius 1 is 1.40 bits per heavy atom. The minimum atomic E-state index is -0.556. The summed E-state index contributed by atoms with van der Waals surface area (Å²) in [5, 5.41) is 1.54. The number of amides is 1. The SMILES string of the molecule is CC(C)COc1ncc(-c2cn(C)c3cc(C(=O)NSC4CC4)c(F)cc23)cc1Cl. The van der Waals surface area contributed by atoms with Crippen LogP contribution in [0.5, 0.6) is 5.88 Å². The summed E-state index contributed by atoms with van der Waals surface area (Å²) in [6.07, 6.45) is 5.73. The molecular formula is C22H23ClFN3O2S. The molecular weight excluding hydrogens is 425 g/mol. The molecule has 1 N–H and O–H groups in total. The number of aryl methyl sites for hydroxylation is 1. The number of hydrogen-bond acceptors (Lipinski definition) is 4. The molecule has 1 fully saturated rings. The standard InChI is InChI=1S/C22H23ClFN3O2S/c1-12(2)11-29-22-18(23)6-13(9-25-22)17-10-27(3)20-8-16(19(24)7-15(17)20)21(28)26-30-14-4-5-14/h6-10,12,14H,4-5,11H2,1-3H3,(H,26,28). The van der Waals surface area contributed by atoms with Gasteiger partial charge in [-0.15, -0.1) is 0 Å². The highest BCUT2D eigenvalue weighted by Gasteiger charge is 2.24. The fraction of sp³-hybridized carbons (Fsp3) is 0.364. The Kier molecular flexibility index (Phi) is 5.93. The molecule has 1 aromatic carbocycles. The fourth-order valence-electron chi connectivity index (χ4n) is 3.11. The maximum atomic E-state index is 14.8. The number of carbonyl (C=O) groups is 1. The predicted octanol–water partition coefficient (Wildman–Crippen LogP) is 5.61. The lowest BCUT2D eigenvalue weighted by molar-refractivity contribution is 0.0980. The highest BCUT2D eigenvalue weighted by molar-refractivity contribution is 7.98. The minimum Gasteiger partial charge on any atom is -0.476 e. The van der Waals surface area contributed by atoms with Crippen molar-refractivity contribution in [3.63, 3.8) is 0 Å². The second-order valence-corrected chi connectivity index (χ2v) is 9.48. The number of rotatable bonds is 7. The van der Waals surface area contributed by atoms with E-state index in [1.165, 1.54) is 18.0 Å². The number of hydrogen-bond donors (Lipinski definition) is 1. The Hall–Kier alpha value is -2.25. The maximum absolute atomic E-state index is 14.8. The average molecular weight is 448 g/mol. The van der Waals surface area contributed by atoms with Crippen LogP contribution in [0.3, 0.4) is 0 Å². The van der Waals surface area contributed by atoms with Crippen molar-refractivity contribution in [3.05, 3.63) is 47.0 Å².